The minimum Gasteiger partial charge on any atom is -0.492 e. The van der Waals surface area contributed by atoms with Gasteiger partial charge < -0.3 is 4.74 Å². The molecule has 1 aliphatic heterocycles. The fourth-order valence-corrected chi connectivity index (χ4v) is 2.57. The lowest BCUT2D eigenvalue weighted by atomic mass is 10.0. The lowest BCUT2D eigenvalue weighted by molar-refractivity contribution is 0.103. The SMILES string of the molecule is O=C(c1cccc2c1OCC2)c1ncc(Cl)cc1Cl. The molecular weight excluding hydrogens is 285 g/mol. The van der Waals surface area contributed by atoms with Crippen LogP contribution in [0.4, 0.5) is 0 Å². The normalized spacial score (nSPS) is 12.9. The highest BCUT2D eigenvalue weighted by molar-refractivity contribution is 6.37. The summed E-state index contributed by atoms with van der Waals surface area (Å²) < 4.78 is 5.52. The van der Waals surface area contributed by atoms with E-state index < -0.39 is 0 Å². The zero-order valence-corrected chi connectivity index (χ0v) is 11.3. The van der Waals surface area contributed by atoms with Gasteiger partial charge in [-0.1, -0.05) is 35.3 Å². The van der Waals surface area contributed by atoms with Gasteiger partial charge in [0.15, 0.2) is 0 Å². The molecule has 5 heteroatoms. The highest BCUT2D eigenvalue weighted by atomic mass is 35.5. The second kappa shape index (κ2) is 4.83. The van der Waals surface area contributed by atoms with Gasteiger partial charge in [0.05, 0.1) is 22.2 Å². The van der Waals surface area contributed by atoms with Crippen LogP contribution < -0.4 is 4.74 Å². The number of fused-ring (bicyclic) bond motifs is 1. The van der Waals surface area contributed by atoms with E-state index in [4.69, 9.17) is 27.9 Å². The van der Waals surface area contributed by atoms with E-state index in [0.717, 1.165) is 12.0 Å². The standard InChI is InChI=1S/C14H9Cl2NO2/c15-9-6-11(16)12(17-7-9)13(18)10-3-1-2-8-4-5-19-14(8)10/h1-3,6-7H,4-5H2. The Kier molecular flexibility index (Phi) is 3.17. The number of halogens is 2. The molecule has 0 radical (unpaired) electrons. The molecule has 0 spiro atoms. The van der Waals surface area contributed by atoms with Gasteiger partial charge in [-0.05, 0) is 17.7 Å². The maximum Gasteiger partial charge on any atom is 0.216 e. The third-order valence-corrected chi connectivity index (χ3v) is 3.48. The molecule has 2 aromatic rings. The van der Waals surface area contributed by atoms with Crippen molar-refractivity contribution in [3.05, 3.63) is 57.3 Å². The monoisotopic (exact) mass is 293 g/mol. The lowest BCUT2D eigenvalue weighted by Gasteiger charge is -2.07. The van der Waals surface area contributed by atoms with E-state index in [1.807, 2.05) is 12.1 Å². The summed E-state index contributed by atoms with van der Waals surface area (Å²) in [7, 11) is 0. The lowest BCUT2D eigenvalue weighted by Crippen LogP contribution is -2.06. The highest BCUT2D eigenvalue weighted by Gasteiger charge is 2.23. The Morgan fingerprint density at radius 1 is 1.32 bits per heavy atom. The molecule has 3 rings (SSSR count). The predicted molar refractivity (Wildman–Crippen MR) is 73.3 cm³/mol. The first-order chi connectivity index (χ1) is 9.16. The molecule has 0 bridgehead atoms. The first-order valence-electron chi connectivity index (χ1n) is 5.77. The number of aromatic nitrogens is 1. The van der Waals surface area contributed by atoms with Crippen molar-refractivity contribution >= 4 is 29.0 Å². The molecule has 3 nitrogen and oxygen atoms in total. The summed E-state index contributed by atoms with van der Waals surface area (Å²) in [4.78, 5) is 16.5. The van der Waals surface area contributed by atoms with E-state index in [1.54, 1.807) is 6.07 Å². The molecule has 0 amide bonds. The van der Waals surface area contributed by atoms with E-state index >= 15 is 0 Å². The Morgan fingerprint density at radius 3 is 2.95 bits per heavy atom. The number of benzene rings is 1. The molecule has 0 saturated heterocycles. The summed E-state index contributed by atoms with van der Waals surface area (Å²) >= 11 is 11.8. The van der Waals surface area contributed by atoms with Crippen molar-refractivity contribution < 1.29 is 9.53 Å². The number of pyridine rings is 1. The van der Waals surface area contributed by atoms with Gasteiger partial charge in [0.2, 0.25) is 5.78 Å². The van der Waals surface area contributed by atoms with Gasteiger partial charge in [-0.2, -0.15) is 0 Å². The molecule has 1 aliphatic rings. The van der Waals surface area contributed by atoms with Crippen molar-refractivity contribution in [2.45, 2.75) is 6.42 Å². The van der Waals surface area contributed by atoms with Crippen molar-refractivity contribution in [1.29, 1.82) is 0 Å². The van der Waals surface area contributed by atoms with Crippen molar-refractivity contribution in [1.82, 2.24) is 4.98 Å². The van der Waals surface area contributed by atoms with Gasteiger partial charge in [0.1, 0.15) is 11.4 Å². The summed E-state index contributed by atoms with van der Waals surface area (Å²) in [6, 6.07) is 7.02. The fourth-order valence-electron chi connectivity index (χ4n) is 2.10. The maximum atomic E-state index is 12.5. The van der Waals surface area contributed by atoms with Crippen LogP contribution in [-0.2, 0) is 6.42 Å². The van der Waals surface area contributed by atoms with Crippen LogP contribution in [0.3, 0.4) is 0 Å². The van der Waals surface area contributed by atoms with Crippen LogP contribution >= 0.6 is 23.2 Å². The van der Waals surface area contributed by atoms with Gasteiger partial charge in [-0.3, -0.25) is 4.79 Å². The third-order valence-electron chi connectivity index (χ3n) is 2.98. The van der Waals surface area contributed by atoms with Crippen LogP contribution in [0.15, 0.2) is 30.5 Å². The molecule has 1 aromatic carbocycles. The molecule has 2 heterocycles. The largest absolute Gasteiger partial charge is 0.492 e. The van der Waals surface area contributed by atoms with Crippen molar-refractivity contribution in [3.8, 4) is 5.75 Å². The quantitative estimate of drug-likeness (QED) is 0.795. The van der Waals surface area contributed by atoms with Crippen LogP contribution in [0.2, 0.25) is 10.0 Å². The van der Waals surface area contributed by atoms with Gasteiger partial charge in [0.25, 0.3) is 0 Å². The number of rotatable bonds is 2. The topological polar surface area (TPSA) is 39.2 Å². The Bertz CT molecular complexity index is 670. The molecule has 0 saturated carbocycles. The Hall–Kier alpha value is -1.58. The number of ether oxygens (including phenoxy) is 1. The molecule has 0 fully saturated rings. The summed E-state index contributed by atoms with van der Waals surface area (Å²) in [5, 5.41) is 0.643. The fraction of sp³-hybridized carbons (Fsp3) is 0.143. The van der Waals surface area contributed by atoms with Gasteiger partial charge in [-0.15, -0.1) is 0 Å². The number of carbonyl (C=O) groups excluding carboxylic acids is 1. The van der Waals surface area contributed by atoms with Crippen molar-refractivity contribution in [3.63, 3.8) is 0 Å². The minimum absolute atomic E-state index is 0.190. The minimum atomic E-state index is -0.250. The first-order valence-corrected chi connectivity index (χ1v) is 6.53. The maximum absolute atomic E-state index is 12.5. The van der Waals surface area contributed by atoms with E-state index in [1.165, 1.54) is 12.3 Å². The molecular formula is C14H9Cl2NO2. The van der Waals surface area contributed by atoms with Gasteiger partial charge in [-0.25, -0.2) is 4.98 Å². The van der Waals surface area contributed by atoms with Gasteiger partial charge in [0, 0.05) is 12.6 Å². The average molecular weight is 294 g/mol. The number of hydrogen-bond donors (Lipinski definition) is 0. The van der Waals surface area contributed by atoms with Crippen LogP contribution in [-0.4, -0.2) is 17.4 Å². The average Bonchev–Trinajstić information content (AvgIpc) is 2.86. The van der Waals surface area contributed by atoms with Crippen molar-refractivity contribution in [2.24, 2.45) is 0 Å². The summed E-state index contributed by atoms with van der Waals surface area (Å²) in [5.41, 5.74) is 1.72. The van der Waals surface area contributed by atoms with Gasteiger partial charge >= 0.3 is 0 Å². The van der Waals surface area contributed by atoms with E-state index in [-0.39, 0.29) is 16.5 Å². The molecule has 96 valence electrons. The Balaban J connectivity index is 2.08. The molecule has 0 aliphatic carbocycles. The summed E-state index contributed by atoms with van der Waals surface area (Å²) in [6.07, 6.45) is 2.23. The van der Waals surface area contributed by atoms with Crippen LogP contribution in [0.5, 0.6) is 5.75 Å². The molecule has 19 heavy (non-hydrogen) atoms. The first kappa shape index (κ1) is 12.5. The second-order valence-corrected chi connectivity index (χ2v) is 5.05. The Morgan fingerprint density at radius 2 is 2.16 bits per heavy atom. The molecule has 0 unspecified atom stereocenters. The second-order valence-electron chi connectivity index (χ2n) is 4.21. The zero-order chi connectivity index (χ0) is 13.4. The van der Waals surface area contributed by atoms with Crippen molar-refractivity contribution in [2.75, 3.05) is 6.61 Å². The van der Waals surface area contributed by atoms with Crippen LogP contribution in [0.25, 0.3) is 0 Å². The summed E-state index contributed by atoms with van der Waals surface area (Å²) in [6.45, 7) is 0.599. The number of ketones is 1. The smallest absolute Gasteiger partial charge is 0.216 e. The number of carbonyl (C=O) groups is 1. The number of para-hydroxylation sites is 1. The van der Waals surface area contributed by atoms with Crippen LogP contribution in [0, 0.1) is 0 Å². The number of hydrogen-bond acceptors (Lipinski definition) is 3. The third kappa shape index (κ3) is 2.20. The van der Waals surface area contributed by atoms with E-state index in [0.29, 0.717) is 22.9 Å². The predicted octanol–water partition coefficient (Wildman–Crippen LogP) is 3.55. The zero-order valence-electron chi connectivity index (χ0n) is 9.82. The molecule has 1 aromatic heterocycles. The van der Waals surface area contributed by atoms with E-state index in [2.05, 4.69) is 4.98 Å². The van der Waals surface area contributed by atoms with Crippen LogP contribution in [0.1, 0.15) is 21.6 Å². The number of nitrogens with zero attached hydrogens (tertiary/aromatic N) is 1. The van der Waals surface area contributed by atoms with E-state index in [9.17, 15) is 4.79 Å². The molecule has 0 atom stereocenters. The highest BCUT2D eigenvalue weighted by Crippen LogP contribution is 2.32. The Labute approximate surface area is 120 Å². The summed E-state index contributed by atoms with van der Waals surface area (Å²) in [5.74, 6) is 0.390. The molecule has 0 N–H and O–H groups in total.